The van der Waals surface area contributed by atoms with Crippen LogP contribution in [0.5, 0.6) is 0 Å². The van der Waals surface area contributed by atoms with Crippen LogP contribution in [0, 0.1) is 0 Å². The van der Waals surface area contributed by atoms with Crippen molar-refractivity contribution in [3.05, 3.63) is 218 Å². The summed E-state index contributed by atoms with van der Waals surface area (Å²) in [6, 6.07) is -41.6. The third-order valence-electron chi connectivity index (χ3n) is 9.67. The molecule has 12 rings (SSSR count). The minimum Gasteiger partial charge on any atom is -0.456 e. The molecule has 3 heterocycles. The first-order chi connectivity index (χ1) is 43.8. The van der Waals surface area contributed by atoms with Crippen molar-refractivity contribution in [3.63, 3.8) is 0 Å². The molecule has 12 aromatic rings. The van der Waals surface area contributed by atoms with Gasteiger partial charge in [0.15, 0.2) is 8.07 Å². The van der Waals surface area contributed by atoms with E-state index >= 15 is 0 Å². The predicted molar refractivity (Wildman–Crippen MR) is 246 cm³/mol. The summed E-state index contributed by atoms with van der Waals surface area (Å²) in [6.07, 6.45) is 0. The molecule has 3 aromatic heterocycles. The number of para-hydroxylation sites is 5. The Hall–Kier alpha value is -7.40. The van der Waals surface area contributed by atoms with Crippen LogP contribution in [0.25, 0.3) is 76.9 Å². The normalized spacial score (nSPS) is 20.8. The summed E-state index contributed by atoms with van der Waals surface area (Å²) < 4.78 is 343. The number of hydrogen-bond acceptors (Lipinski definition) is 1. The second-order valence-corrected chi connectivity index (χ2v) is 16.0. The number of benzene rings is 9. The van der Waals surface area contributed by atoms with Gasteiger partial charge < -0.3 is 13.6 Å². The van der Waals surface area contributed by atoms with Crippen LogP contribution in [0.3, 0.4) is 0 Å². The van der Waals surface area contributed by atoms with Crippen molar-refractivity contribution in [3.8, 4) is 11.4 Å². The predicted octanol–water partition coefficient (Wildman–Crippen LogP) is 11.2. The van der Waals surface area contributed by atoms with Gasteiger partial charge in [-0.3, -0.25) is 0 Å². The van der Waals surface area contributed by atoms with E-state index in [2.05, 4.69) is 0 Å². The largest absolute Gasteiger partial charge is 0.456 e. The number of aromatic nitrogens is 2. The Balaban J connectivity index is 1.41. The lowest BCUT2D eigenvalue weighted by Crippen LogP contribution is -2.74. The zero-order valence-corrected chi connectivity index (χ0v) is 29.8. The van der Waals surface area contributed by atoms with Gasteiger partial charge in [0.25, 0.3) is 0 Å². The highest BCUT2D eigenvalue weighted by Crippen LogP contribution is 2.37. The summed E-state index contributed by atoms with van der Waals surface area (Å²) in [7, 11) is -6.76. The topological polar surface area (TPSA) is 23.0 Å². The van der Waals surface area contributed by atoms with Crippen molar-refractivity contribution in [1.29, 1.82) is 0 Å². The van der Waals surface area contributed by atoms with Crippen LogP contribution < -0.4 is 20.7 Å². The second-order valence-electron chi connectivity index (χ2n) is 12.5. The van der Waals surface area contributed by atoms with Gasteiger partial charge in [-0.05, 0) is 75.1 Å². The minimum absolute atomic E-state index is 0.495. The SMILES string of the molecule is [2H]c1c([2H])c([2H])c([Si](c2c([2H])c([2H])c([2H])c([2H])c2[2H])(c2c([2H])c([2H])c([2H])c(-n3c4c([2H])c([2H])c([2H])c([2H])c4c4c([2H])c(-n5c6c([2H])c([2H])c([2H])c([2H])c6c6c([2H])c([2H])c([2H])c([2H])c65)c([2H])c([2H])c43)c2[2H])c2c([2H])c([2H])c([2H])c3c2oc2c([2H])c([2H])c([2H])c([2H])c23)c([2H])c1[2H]. The number of rotatable bonds is 6. The summed E-state index contributed by atoms with van der Waals surface area (Å²) in [5.41, 5.74) is -7.36. The first-order valence-corrected chi connectivity index (χ1v) is 19.0. The fourth-order valence-corrected chi connectivity index (χ4v) is 11.2. The van der Waals surface area contributed by atoms with Crippen LogP contribution >= 0.6 is 0 Å². The van der Waals surface area contributed by atoms with E-state index in [0.717, 1.165) is 0 Å². The van der Waals surface area contributed by atoms with Crippen molar-refractivity contribution < 1.29 is 53.8 Å². The molecule has 0 aliphatic carbocycles. The Kier molecular flexibility index (Phi) is 2.89. The molecule has 3 nitrogen and oxygen atoms in total. The average Bonchev–Trinajstić information content (AvgIpc) is 1.08. The first-order valence-electron chi connectivity index (χ1n) is 35.0. The average molecular weight is 793 g/mol. The molecule has 0 bridgehead atoms. The third-order valence-corrected chi connectivity index (χ3v) is 13.8. The van der Waals surface area contributed by atoms with E-state index in [1.54, 1.807) is 0 Å². The number of hydrogen-bond donors (Lipinski definition) is 0. The number of fused-ring (bicyclic) bond motifs is 9. The number of furan rings is 1. The number of nitrogens with zero attached hydrogens (tertiary/aromatic N) is 2. The lowest BCUT2D eigenvalue weighted by Gasteiger charge is -2.34. The molecule has 0 aliphatic rings. The molecule has 0 aliphatic heterocycles. The van der Waals surface area contributed by atoms with Crippen LogP contribution in [0.4, 0.5) is 0 Å². The Morgan fingerprint density at radius 2 is 0.810 bits per heavy atom. The highest BCUT2D eigenvalue weighted by Gasteiger charge is 2.44. The van der Waals surface area contributed by atoms with Gasteiger partial charge in [0.1, 0.15) is 11.2 Å². The van der Waals surface area contributed by atoms with Crippen LogP contribution in [0.15, 0.2) is 222 Å². The fraction of sp³-hybridized carbons (Fsp3) is 0. The third kappa shape index (κ3) is 4.67. The van der Waals surface area contributed by atoms with E-state index in [4.69, 9.17) is 29.1 Å². The van der Waals surface area contributed by atoms with Crippen LogP contribution in [0.2, 0.25) is 0 Å². The quantitative estimate of drug-likeness (QED) is 0.121. The van der Waals surface area contributed by atoms with Crippen molar-refractivity contribution in [2.75, 3.05) is 0 Å². The molecule has 0 atom stereocenters. The standard InChI is InChI=1S/C54H36N2OSi/c1-3-18-39(19-4-1)58(40-20-5-2-6-21-40,53-32-16-27-46-45-26-10-14-31-52(45)57-54(46)53)41-22-15-17-37(35-41)55-50-30-13-9-25-44(50)47-36-38(33-34-51(47)55)56-48-28-11-7-23-42(48)43-24-8-12-29-49(43)56/h1-36H/i1D,2D,3D,4D,5D,6D,7D,8D,9D,10D,11D,12D,13D,14D,15D,16D,17D,18D,19D,20D,21D,22D,23D,24D,25D,26D,27D,28D,29D,30D,31D,32D,33D,34D,35D,36D. The summed E-state index contributed by atoms with van der Waals surface area (Å²) >= 11 is 0. The first kappa shape index (κ1) is 13.1. The maximum atomic E-state index is 10.7. The molecule has 272 valence electrons. The van der Waals surface area contributed by atoms with Gasteiger partial charge in [-0.25, -0.2) is 0 Å². The summed E-state index contributed by atoms with van der Waals surface area (Å²) in [5.74, 6) is 0. The molecule has 4 heteroatoms. The molecule has 58 heavy (non-hydrogen) atoms. The van der Waals surface area contributed by atoms with Gasteiger partial charge in [-0.15, -0.1) is 0 Å². The molecular weight excluding hydrogens is 721 g/mol. The molecule has 0 saturated heterocycles. The van der Waals surface area contributed by atoms with E-state index in [0.29, 0.717) is 9.13 Å². The van der Waals surface area contributed by atoms with Gasteiger partial charge >= 0.3 is 0 Å². The van der Waals surface area contributed by atoms with Crippen molar-refractivity contribution in [2.24, 2.45) is 0 Å². The van der Waals surface area contributed by atoms with Crippen LogP contribution in [0.1, 0.15) is 49.3 Å². The lowest BCUT2D eigenvalue weighted by atomic mass is 10.1. The Labute approximate surface area is 386 Å². The van der Waals surface area contributed by atoms with Crippen LogP contribution in [-0.2, 0) is 0 Å². The Morgan fingerprint density at radius 3 is 1.45 bits per heavy atom. The smallest absolute Gasteiger partial charge is 0.184 e. The van der Waals surface area contributed by atoms with Crippen LogP contribution in [-0.4, -0.2) is 17.2 Å². The molecule has 0 N–H and O–H groups in total. The lowest BCUT2D eigenvalue weighted by molar-refractivity contribution is 0.671. The van der Waals surface area contributed by atoms with E-state index in [9.17, 15) is 24.7 Å². The fourth-order valence-electron chi connectivity index (χ4n) is 7.34. The second kappa shape index (κ2) is 12.8. The highest BCUT2D eigenvalue weighted by atomic mass is 28.3. The van der Waals surface area contributed by atoms with E-state index < -0.39 is 323 Å². The molecule has 0 unspecified atom stereocenters. The Morgan fingerprint density at radius 1 is 0.345 bits per heavy atom. The van der Waals surface area contributed by atoms with Crippen molar-refractivity contribution in [1.82, 2.24) is 9.13 Å². The van der Waals surface area contributed by atoms with Crippen molar-refractivity contribution in [2.45, 2.75) is 0 Å². The van der Waals surface area contributed by atoms with Crippen molar-refractivity contribution >= 4 is 94.4 Å². The Bertz CT molecular complexity index is 5450. The highest BCUT2D eigenvalue weighted by molar-refractivity contribution is 7.20. The molecule has 0 spiro atoms. The molecule has 9 aromatic carbocycles. The zero-order chi connectivity index (χ0) is 69.5. The molecule has 0 fully saturated rings. The maximum Gasteiger partial charge on any atom is 0.184 e. The van der Waals surface area contributed by atoms with E-state index in [1.165, 1.54) is 0 Å². The minimum atomic E-state index is -6.76. The summed E-state index contributed by atoms with van der Waals surface area (Å²) in [6.45, 7) is 0. The van der Waals surface area contributed by atoms with Gasteiger partial charge in [0.05, 0.1) is 71.4 Å². The maximum absolute atomic E-state index is 10.7. The summed E-state index contributed by atoms with van der Waals surface area (Å²) in [5, 5.41) is -9.34. The van der Waals surface area contributed by atoms with Gasteiger partial charge in [0, 0.05) is 43.7 Å². The van der Waals surface area contributed by atoms with E-state index in [-0.39, 0.29) is 0 Å². The molecule has 0 radical (unpaired) electrons. The molecule has 0 saturated carbocycles. The molecule has 0 amide bonds. The van der Waals surface area contributed by atoms with E-state index in [1.807, 2.05) is 0 Å². The monoisotopic (exact) mass is 792 g/mol. The zero-order valence-electron chi connectivity index (χ0n) is 64.8. The molecular formula is C54H36N2OSi. The summed E-state index contributed by atoms with van der Waals surface area (Å²) in [4.78, 5) is 0. The van der Waals surface area contributed by atoms with Gasteiger partial charge in [-0.1, -0.05) is 163 Å². The van der Waals surface area contributed by atoms with Gasteiger partial charge in [0.2, 0.25) is 0 Å². The van der Waals surface area contributed by atoms with Gasteiger partial charge in [-0.2, -0.15) is 0 Å².